The Morgan fingerprint density at radius 2 is 1.70 bits per heavy atom. The number of alkyl halides is 3. The molecule has 0 atom stereocenters. The van der Waals surface area contributed by atoms with Crippen molar-refractivity contribution in [3.05, 3.63) is 48.0 Å². The summed E-state index contributed by atoms with van der Waals surface area (Å²) in [6.07, 6.45) is 1.16. The topological polar surface area (TPSA) is 82.9 Å². The fraction of sp³-hybridized carbons (Fsp3) is 0.516. The van der Waals surface area contributed by atoms with E-state index in [9.17, 15) is 22.8 Å². The molecule has 43 heavy (non-hydrogen) atoms. The fourth-order valence-corrected chi connectivity index (χ4v) is 5.90. The molecule has 0 spiro atoms. The number of carbonyl (C=O) groups is 2. The third-order valence-corrected chi connectivity index (χ3v) is 8.43. The average molecular weight is 601 g/mol. The van der Waals surface area contributed by atoms with E-state index in [2.05, 4.69) is 26.9 Å². The number of nitrogens with one attached hydrogen (secondary N) is 1. The fourth-order valence-electron chi connectivity index (χ4n) is 5.90. The van der Waals surface area contributed by atoms with Gasteiger partial charge in [-0.15, -0.1) is 13.2 Å². The lowest BCUT2D eigenvalue weighted by Gasteiger charge is -2.32. The second kappa shape index (κ2) is 13.3. The lowest BCUT2D eigenvalue weighted by molar-refractivity contribution is -0.274. The van der Waals surface area contributed by atoms with Crippen LogP contribution in [0.1, 0.15) is 48.9 Å². The summed E-state index contributed by atoms with van der Waals surface area (Å²) in [7, 11) is 3.91. The van der Waals surface area contributed by atoms with Crippen molar-refractivity contribution in [2.24, 2.45) is 5.92 Å². The van der Waals surface area contributed by atoms with Gasteiger partial charge in [0, 0.05) is 56.9 Å². The van der Waals surface area contributed by atoms with Gasteiger partial charge in [0.05, 0.1) is 11.0 Å². The molecule has 9 nitrogen and oxygen atoms in total. The van der Waals surface area contributed by atoms with E-state index < -0.39 is 18.0 Å². The van der Waals surface area contributed by atoms with Gasteiger partial charge >= 0.3 is 6.36 Å². The normalized spacial score (nSPS) is 17.2. The molecule has 2 aliphatic rings. The zero-order chi connectivity index (χ0) is 30.6. The largest absolute Gasteiger partial charge is 0.573 e. The van der Waals surface area contributed by atoms with Crippen molar-refractivity contribution in [3.8, 4) is 5.75 Å². The summed E-state index contributed by atoms with van der Waals surface area (Å²) in [4.78, 5) is 37.5. The van der Waals surface area contributed by atoms with Gasteiger partial charge in [0.2, 0.25) is 11.9 Å². The molecule has 1 aromatic heterocycles. The molecule has 5 rings (SSSR count). The Morgan fingerprint density at radius 1 is 1.00 bits per heavy atom. The van der Waals surface area contributed by atoms with E-state index in [-0.39, 0.29) is 17.4 Å². The van der Waals surface area contributed by atoms with Gasteiger partial charge < -0.3 is 24.0 Å². The molecule has 2 amide bonds. The van der Waals surface area contributed by atoms with Gasteiger partial charge in [-0.25, -0.2) is 4.98 Å². The summed E-state index contributed by atoms with van der Waals surface area (Å²) < 4.78 is 43.5. The molecule has 1 aliphatic heterocycles. The SMILES string of the molecule is CN1CCN(CCCn2c(NC(=O)c3ccc(OC(F)(F)F)cc3)nc3cc(N(C)C(=O)C4CCCCC4)ccc32)CC1. The number of imidazole rings is 1. The lowest BCUT2D eigenvalue weighted by atomic mass is 9.88. The van der Waals surface area contributed by atoms with Gasteiger partial charge in [0.25, 0.3) is 5.91 Å². The van der Waals surface area contributed by atoms with E-state index >= 15 is 0 Å². The number of fused-ring (bicyclic) bond motifs is 1. The third-order valence-electron chi connectivity index (χ3n) is 8.43. The number of benzene rings is 2. The Kier molecular flexibility index (Phi) is 9.55. The Hall–Kier alpha value is -3.64. The van der Waals surface area contributed by atoms with E-state index in [1.807, 2.05) is 22.8 Å². The van der Waals surface area contributed by atoms with Crippen LogP contribution in [0, 0.1) is 5.92 Å². The molecule has 12 heteroatoms. The molecule has 0 bridgehead atoms. The van der Waals surface area contributed by atoms with Gasteiger partial charge in [-0.1, -0.05) is 19.3 Å². The van der Waals surface area contributed by atoms with Gasteiger partial charge in [0.15, 0.2) is 0 Å². The van der Waals surface area contributed by atoms with Crippen LogP contribution < -0.4 is 15.0 Å². The Balaban J connectivity index is 1.36. The minimum absolute atomic E-state index is 0.0318. The number of anilines is 2. The number of amides is 2. The summed E-state index contributed by atoms with van der Waals surface area (Å²) in [5, 5.41) is 2.85. The van der Waals surface area contributed by atoms with Gasteiger partial charge in [0.1, 0.15) is 5.75 Å². The van der Waals surface area contributed by atoms with Gasteiger partial charge in [-0.2, -0.15) is 0 Å². The van der Waals surface area contributed by atoms with Crippen LogP contribution in [-0.2, 0) is 11.3 Å². The predicted octanol–water partition coefficient (Wildman–Crippen LogP) is 5.37. The highest BCUT2D eigenvalue weighted by Crippen LogP contribution is 2.30. The smallest absolute Gasteiger partial charge is 0.406 e. The molecule has 1 aliphatic carbocycles. The van der Waals surface area contributed by atoms with Crippen LogP contribution in [-0.4, -0.2) is 84.3 Å². The minimum atomic E-state index is -4.81. The van der Waals surface area contributed by atoms with E-state index in [0.29, 0.717) is 18.0 Å². The lowest BCUT2D eigenvalue weighted by Crippen LogP contribution is -2.44. The number of hydrogen-bond donors (Lipinski definition) is 1. The molecule has 3 aromatic rings. The third kappa shape index (κ3) is 7.85. The number of carbonyl (C=O) groups excluding carboxylic acids is 2. The Bertz CT molecular complexity index is 1410. The molecule has 1 N–H and O–H groups in total. The summed E-state index contributed by atoms with van der Waals surface area (Å²) in [5.74, 6) is -0.424. The number of hydrogen-bond acceptors (Lipinski definition) is 6. The number of nitrogens with zero attached hydrogens (tertiary/aromatic N) is 5. The van der Waals surface area contributed by atoms with Crippen molar-refractivity contribution in [1.82, 2.24) is 19.4 Å². The quantitative estimate of drug-likeness (QED) is 0.356. The van der Waals surface area contributed by atoms with Crippen molar-refractivity contribution >= 4 is 34.5 Å². The summed E-state index contributed by atoms with van der Waals surface area (Å²) >= 11 is 0. The van der Waals surface area contributed by atoms with Crippen LogP contribution in [0.5, 0.6) is 5.75 Å². The van der Waals surface area contributed by atoms with Gasteiger partial charge in [-0.05, 0) is 75.3 Å². The highest BCUT2D eigenvalue weighted by Gasteiger charge is 2.31. The number of ether oxygens (including phenoxy) is 1. The number of halogens is 3. The molecule has 1 saturated heterocycles. The molecule has 2 aromatic carbocycles. The number of rotatable bonds is 9. The predicted molar refractivity (Wildman–Crippen MR) is 159 cm³/mol. The minimum Gasteiger partial charge on any atom is -0.406 e. The highest BCUT2D eigenvalue weighted by molar-refractivity contribution is 6.04. The maximum atomic E-state index is 13.2. The first-order valence-electron chi connectivity index (χ1n) is 14.9. The van der Waals surface area contributed by atoms with Crippen molar-refractivity contribution in [2.75, 3.05) is 57.0 Å². The van der Waals surface area contributed by atoms with E-state index in [0.717, 1.165) is 88.2 Å². The first-order valence-corrected chi connectivity index (χ1v) is 14.9. The Morgan fingerprint density at radius 3 is 2.37 bits per heavy atom. The van der Waals surface area contributed by atoms with Gasteiger partial charge in [-0.3, -0.25) is 14.9 Å². The molecular weight excluding hydrogens is 561 g/mol. The van der Waals surface area contributed by atoms with Crippen molar-refractivity contribution < 1.29 is 27.5 Å². The second-order valence-corrected chi connectivity index (χ2v) is 11.5. The maximum absolute atomic E-state index is 13.2. The highest BCUT2D eigenvalue weighted by atomic mass is 19.4. The average Bonchev–Trinajstić information content (AvgIpc) is 3.33. The van der Waals surface area contributed by atoms with Crippen LogP contribution in [0.2, 0.25) is 0 Å². The van der Waals surface area contributed by atoms with Crippen LogP contribution in [0.4, 0.5) is 24.8 Å². The summed E-state index contributed by atoms with van der Waals surface area (Å²) in [6, 6.07) is 10.5. The molecule has 2 heterocycles. The van der Waals surface area contributed by atoms with Crippen LogP contribution in [0.25, 0.3) is 11.0 Å². The number of likely N-dealkylation sites (N-methyl/N-ethyl adjacent to an activating group) is 1. The molecule has 0 unspecified atom stereocenters. The van der Waals surface area contributed by atoms with Crippen LogP contribution in [0.3, 0.4) is 0 Å². The number of piperazine rings is 1. The van der Waals surface area contributed by atoms with Crippen LogP contribution >= 0.6 is 0 Å². The summed E-state index contributed by atoms with van der Waals surface area (Å²) in [5.41, 5.74) is 2.38. The number of aromatic nitrogens is 2. The molecule has 0 radical (unpaired) electrons. The molecular formula is C31H39F3N6O3. The monoisotopic (exact) mass is 600 g/mol. The molecule has 2 fully saturated rings. The molecule has 232 valence electrons. The summed E-state index contributed by atoms with van der Waals surface area (Å²) in [6.45, 7) is 5.56. The standard InChI is InChI=1S/C31H39F3N6O3/c1-37-17-19-39(20-18-37)15-6-16-40-27-14-11-24(38(2)29(42)23-7-4-3-5-8-23)21-26(27)35-30(40)36-28(41)22-9-12-25(13-10-22)43-31(32,33)34/h9-14,21,23H,3-8,15-20H2,1-2H3,(H,35,36,41). The van der Waals surface area contributed by atoms with Crippen molar-refractivity contribution in [1.29, 1.82) is 0 Å². The van der Waals surface area contributed by atoms with Crippen molar-refractivity contribution in [2.45, 2.75) is 51.4 Å². The zero-order valence-electron chi connectivity index (χ0n) is 24.7. The Labute approximate surface area is 249 Å². The van der Waals surface area contributed by atoms with Crippen molar-refractivity contribution in [3.63, 3.8) is 0 Å². The van der Waals surface area contributed by atoms with E-state index in [1.54, 1.807) is 11.9 Å². The first kappa shape index (κ1) is 30.8. The zero-order valence-corrected chi connectivity index (χ0v) is 24.7. The van der Waals surface area contributed by atoms with E-state index in [1.165, 1.54) is 18.6 Å². The van der Waals surface area contributed by atoms with E-state index in [4.69, 9.17) is 4.98 Å². The first-order chi connectivity index (χ1) is 20.6. The second-order valence-electron chi connectivity index (χ2n) is 11.5. The van der Waals surface area contributed by atoms with Crippen LogP contribution in [0.15, 0.2) is 42.5 Å². The maximum Gasteiger partial charge on any atom is 0.573 e. The molecule has 1 saturated carbocycles. The number of aryl methyl sites for hydroxylation is 1.